The van der Waals surface area contributed by atoms with Crippen molar-refractivity contribution in [2.45, 2.75) is 25.9 Å². The Kier molecular flexibility index (Phi) is 4.78. The van der Waals surface area contributed by atoms with Crippen LogP contribution in [0.3, 0.4) is 0 Å². The first-order valence-electron chi connectivity index (χ1n) is 5.64. The Morgan fingerprint density at radius 3 is 2.39 bits per heavy atom. The number of carbonyl (C=O) groups is 1. The maximum atomic E-state index is 13.0. The molecule has 100 valence electrons. The number of halogens is 2. The summed E-state index contributed by atoms with van der Waals surface area (Å²) >= 11 is 0. The zero-order valence-electron chi connectivity index (χ0n) is 10.3. The van der Waals surface area contributed by atoms with E-state index in [4.69, 9.17) is 0 Å². The average molecular weight is 258 g/mol. The highest BCUT2D eigenvalue weighted by Gasteiger charge is 2.46. The summed E-state index contributed by atoms with van der Waals surface area (Å²) in [5, 5.41) is 10.2. The van der Waals surface area contributed by atoms with Crippen LogP contribution in [0, 0.1) is 5.92 Å². The minimum absolute atomic E-state index is 0.00702. The SMILES string of the molecule is CCOC(=O)C(C(F)F)C(C)(O)c1ccccc1. The Hall–Kier alpha value is -1.49. The molecule has 0 heterocycles. The standard InChI is InChI=1S/C13H16F2O3/c1-3-18-12(16)10(11(14)15)13(2,17)9-7-5-4-6-8-9/h4-8,10-11,17H,3H2,1-2H3. The molecule has 3 nitrogen and oxygen atoms in total. The lowest BCUT2D eigenvalue weighted by Crippen LogP contribution is -2.42. The van der Waals surface area contributed by atoms with Gasteiger partial charge in [-0.05, 0) is 19.4 Å². The van der Waals surface area contributed by atoms with Crippen molar-refractivity contribution in [3.8, 4) is 0 Å². The van der Waals surface area contributed by atoms with Gasteiger partial charge < -0.3 is 9.84 Å². The van der Waals surface area contributed by atoms with Gasteiger partial charge in [0, 0.05) is 0 Å². The summed E-state index contributed by atoms with van der Waals surface area (Å²) in [6.07, 6.45) is -3.00. The van der Waals surface area contributed by atoms with E-state index in [2.05, 4.69) is 4.74 Å². The van der Waals surface area contributed by atoms with Crippen molar-refractivity contribution in [2.24, 2.45) is 5.92 Å². The van der Waals surface area contributed by atoms with Crippen LogP contribution in [-0.2, 0) is 15.1 Å². The summed E-state index contributed by atoms with van der Waals surface area (Å²) in [6, 6.07) is 7.90. The third-order valence-corrected chi connectivity index (χ3v) is 2.76. The van der Waals surface area contributed by atoms with E-state index < -0.39 is 23.9 Å². The number of alkyl halides is 2. The number of hydrogen-bond donors (Lipinski definition) is 1. The highest BCUT2D eigenvalue weighted by Crippen LogP contribution is 2.34. The minimum Gasteiger partial charge on any atom is -0.466 e. The molecule has 0 saturated heterocycles. The van der Waals surface area contributed by atoms with Gasteiger partial charge in [0.15, 0.2) is 0 Å². The molecule has 5 heteroatoms. The van der Waals surface area contributed by atoms with Crippen molar-refractivity contribution in [3.63, 3.8) is 0 Å². The Labute approximate surface area is 104 Å². The number of esters is 1. The average Bonchev–Trinajstić information content (AvgIpc) is 2.29. The Morgan fingerprint density at radius 1 is 1.39 bits per heavy atom. The van der Waals surface area contributed by atoms with Gasteiger partial charge in [0.25, 0.3) is 6.43 Å². The third kappa shape index (κ3) is 3.04. The highest BCUT2D eigenvalue weighted by molar-refractivity contribution is 5.74. The lowest BCUT2D eigenvalue weighted by molar-refractivity contribution is -0.169. The molecule has 0 aliphatic carbocycles. The van der Waals surface area contributed by atoms with Crippen molar-refractivity contribution < 1.29 is 23.4 Å². The zero-order chi connectivity index (χ0) is 13.8. The van der Waals surface area contributed by atoms with E-state index in [1.807, 2.05) is 0 Å². The summed E-state index contributed by atoms with van der Waals surface area (Å²) in [7, 11) is 0. The van der Waals surface area contributed by atoms with Gasteiger partial charge in [-0.15, -0.1) is 0 Å². The maximum absolute atomic E-state index is 13.0. The molecule has 0 saturated carbocycles. The van der Waals surface area contributed by atoms with Crippen LogP contribution < -0.4 is 0 Å². The van der Waals surface area contributed by atoms with Gasteiger partial charge in [-0.1, -0.05) is 30.3 Å². The van der Waals surface area contributed by atoms with E-state index in [9.17, 15) is 18.7 Å². The molecule has 1 aromatic rings. The van der Waals surface area contributed by atoms with E-state index in [0.717, 1.165) is 0 Å². The topological polar surface area (TPSA) is 46.5 Å². The number of benzene rings is 1. The summed E-state index contributed by atoms with van der Waals surface area (Å²) in [5.74, 6) is -3.00. The van der Waals surface area contributed by atoms with Crippen molar-refractivity contribution in [1.82, 2.24) is 0 Å². The van der Waals surface area contributed by atoms with Crippen LogP contribution in [-0.4, -0.2) is 24.1 Å². The predicted octanol–water partition coefficient (Wildman–Crippen LogP) is 2.34. The lowest BCUT2D eigenvalue weighted by atomic mass is 9.83. The molecule has 0 spiro atoms. The molecule has 1 rings (SSSR count). The van der Waals surface area contributed by atoms with E-state index >= 15 is 0 Å². The molecular formula is C13H16F2O3. The van der Waals surface area contributed by atoms with Crippen molar-refractivity contribution in [2.75, 3.05) is 6.61 Å². The Morgan fingerprint density at radius 2 is 1.94 bits per heavy atom. The molecule has 2 atom stereocenters. The molecule has 0 fully saturated rings. The van der Waals surface area contributed by atoms with Gasteiger partial charge in [0.1, 0.15) is 11.5 Å². The maximum Gasteiger partial charge on any atom is 0.318 e. The van der Waals surface area contributed by atoms with Gasteiger partial charge in [-0.3, -0.25) is 4.79 Å². The quantitative estimate of drug-likeness (QED) is 0.824. The molecule has 1 N–H and O–H groups in total. The first-order chi connectivity index (χ1) is 8.41. The number of carbonyl (C=O) groups excluding carboxylic acids is 1. The second kappa shape index (κ2) is 5.91. The second-order valence-corrected chi connectivity index (χ2v) is 4.08. The van der Waals surface area contributed by atoms with Crippen LogP contribution in [0.15, 0.2) is 30.3 Å². The van der Waals surface area contributed by atoms with E-state index in [0.29, 0.717) is 0 Å². The number of aliphatic hydroxyl groups is 1. The fourth-order valence-electron chi connectivity index (χ4n) is 1.76. The molecule has 0 aromatic heterocycles. The molecule has 0 bridgehead atoms. The molecule has 1 aromatic carbocycles. The third-order valence-electron chi connectivity index (χ3n) is 2.76. The van der Waals surface area contributed by atoms with Crippen molar-refractivity contribution >= 4 is 5.97 Å². The van der Waals surface area contributed by atoms with E-state index in [1.165, 1.54) is 26.0 Å². The molecule has 0 aliphatic heterocycles. The van der Waals surface area contributed by atoms with Crippen LogP contribution in [0.2, 0.25) is 0 Å². The smallest absolute Gasteiger partial charge is 0.318 e. The van der Waals surface area contributed by atoms with Crippen molar-refractivity contribution in [1.29, 1.82) is 0 Å². The first kappa shape index (κ1) is 14.6. The fraction of sp³-hybridized carbons (Fsp3) is 0.462. The van der Waals surface area contributed by atoms with E-state index in [-0.39, 0.29) is 12.2 Å². The molecule has 0 aliphatic rings. The highest BCUT2D eigenvalue weighted by atomic mass is 19.3. The Bertz CT molecular complexity index is 390. The van der Waals surface area contributed by atoms with Gasteiger partial charge in [0.05, 0.1) is 6.61 Å². The molecule has 18 heavy (non-hydrogen) atoms. The number of hydrogen-bond acceptors (Lipinski definition) is 3. The zero-order valence-corrected chi connectivity index (χ0v) is 10.3. The summed E-state index contributed by atoms with van der Waals surface area (Å²) in [6.45, 7) is 2.71. The molecule has 0 amide bonds. The molecular weight excluding hydrogens is 242 g/mol. The van der Waals surface area contributed by atoms with Crippen molar-refractivity contribution in [3.05, 3.63) is 35.9 Å². The Balaban J connectivity index is 3.08. The van der Waals surface area contributed by atoms with Crippen LogP contribution in [0.5, 0.6) is 0 Å². The van der Waals surface area contributed by atoms with Gasteiger partial charge in [-0.25, -0.2) is 8.78 Å². The summed E-state index contributed by atoms with van der Waals surface area (Å²) in [4.78, 5) is 11.5. The van der Waals surface area contributed by atoms with Crippen LogP contribution >= 0.6 is 0 Å². The first-order valence-corrected chi connectivity index (χ1v) is 5.64. The van der Waals surface area contributed by atoms with Gasteiger partial charge >= 0.3 is 5.97 Å². The minimum atomic E-state index is -3.00. The monoisotopic (exact) mass is 258 g/mol. The summed E-state index contributed by atoms with van der Waals surface area (Å²) < 4.78 is 30.6. The van der Waals surface area contributed by atoms with Crippen LogP contribution in [0.4, 0.5) is 8.78 Å². The van der Waals surface area contributed by atoms with E-state index in [1.54, 1.807) is 18.2 Å². The normalized spacial score (nSPS) is 16.1. The summed E-state index contributed by atoms with van der Waals surface area (Å²) in [5.41, 5.74) is -1.72. The predicted molar refractivity (Wildman–Crippen MR) is 62.1 cm³/mol. The van der Waals surface area contributed by atoms with Gasteiger partial charge in [0.2, 0.25) is 0 Å². The van der Waals surface area contributed by atoms with Gasteiger partial charge in [-0.2, -0.15) is 0 Å². The largest absolute Gasteiger partial charge is 0.466 e. The number of ether oxygens (including phenoxy) is 1. The second-order valence-electron chi connectivity index (χ2n) is 4.08. The fourth-order valence-corrected chi connectivity index (χ4v) is 1.76. The number of rotatable bonds is 5. The van der Waals surface area contributed by atoms with Crippen LogP contribution in [0.1, 0.15) is 19.4 Å². The lowest BCUT2D eigenvalue weighted by Gasteiger charge is -2.31. The molecule has 0 radical (unpaired) electrons. The van der Waals surface area contributed by atoms with Crippen LogP contribution in [0.25, 0.3) is 0 Å². The molecule has 2 unspecified atom stereocenters.